The van der Waals surface area contributed by atoms with E-state index in [-0.39, 0.29) is 23.5 Å². The fourth-order valence-corrected chi connectivity index (χ4v) is 2.42. The van der Waals surface area contributed by atoms with Gasteiger partial charge in [-0.05, 0) is 24.5 Å². The highest BCUT2D eigenvalue weighted by molar-refractivity contribution is 5.90. The molecule has 118 valence electrons. The molecule has 0 aliphatic carbocycles. The number of hydrogen-bond acceptors (Lipinski definition) is 2. The number of rotatable bonds is 6. The van der Waals surface area contributed by atoms with Gasteiger partial charge in [0.1, 0.15) is 0 Å². The van der Waals surface area contributed by atoms with Crippen molar-refractivity contribution in [3.63, 3.8) is 0 Å². The van der Waals surface area contributed by atoms with Crippen molar-refractivity contribution in [1.82, 2.24) is 10.3 Å². The van der Waals surface area contributed by atoms with Crippen molar-refractivity contribution in [3.05, 3.63) is 36.0 Å². The van der Waals surface area contributed by atoms with E-state index in [0.29, 0.717) is 6.42 Å². The average Bonchev–Trinajstić information content (AvgIpc) is 2.88. The first kappa shape index (κ1) is 16.3. The Balaban J connectivity index is 2.16. The molecule has 1 aromatic heterocycles. The van der Waals surface area contributed by atoms with E-state index in [1.807, 2.05) is 51.2 Å². The molecule has 1 aromatic carbocycles. The Hall–Kier alpha value is -2.10. The second-order valence-corrected chi connectivity index (χ2v) is 6.27. The first-order chi connectivity index (χ1) is 10.4. The highest BCUT2D eigenvalue weighted by Crippen LogP contribution is 2.19. The third-order valence-corrected chi connectivity index (χ3v) is 4.32. The molecule has 1 amide bonds. The van der Waals surface area contributed by atoms with E-state index in [2.05, 4.69) is 10.3 Å². The molecular weight excluding hydrogens is 276 g/mol. The number of amides is 1. The van der Waals surface area contributed by atoms with Crippen molar-refractivity contribution in [2.24, 2.45) is 11.8 Å². The lowest BCUT2D eigenvalue weighted by Crippen LogP contribution is -2.44. The minimum atomic E-state index is -0.479. The predicted molar refractivity (Wildman–Crippen MR) is 88.6 cm³/mol. The molecule has 2 rings (SSSR count). The molecule has 0 aliphatic heterocycles. The van der Waals surface area contributed by atoms with Crippen LogP contribution in [0.15, 0.2) is 30.5 Å². The van der Waals surface area contributed by atoms with Crippen LogP contribution < -0.4 is 5.32 Å². The van der Waals surface area contributed by atoms with Crippen LogP contribution >= 0.6 is 0 Å². The van der Waals surface area contributed by atoms with E-state index in [9.17, 15) is 9.59 Å². The number of carbonyl (C=O) groups is 2. The lowest BCUT2D eigenvalue weighted by atomic mass is 9.95. The minimum absolute atomic E-state index is 0.0189. The Labute approximate surface area is 131 Å². The molecular formula is C18H24N2O2. The van der Waals surface area contributed by atoms with Gasteiger partial charge >= 0.3 is 0 Å². The fraction of sp³-hybridized carbons (Fsp3) is 0.444. The van der Waals surface area contributed by atoms with Gasteiger partial charge in [-0.2, -0.15) is 0 Å². The van der Waals surface area contributed by atoms with Gasteiger partial charge in [0, 0.05) is 29.4 Å². The summed E-state index contributed by atoms with van der Waals surface area (Å²) >= 11 is 0. The average molecular weight is 300 g/mol. The zero-order valence-electron chi connectivity index (χ0n) is 13.6. The highest BCUT2D eigenvalue weighted by atomic mass is 16.2. The summed E-state index contributed by atoms with van der Waals surface area (Å²) in [5, 5.41) is 4.00. The molecule has 0 saturated carbocycles. The van der Waals surface area contributed by atoms with Crippen LogP contribution in [-0.2, 0) is 16.0 Å². The molecule has 0 saturated heterocycles. The summed E-state index contributed by atoms with van der Waals surface area (Å²) in [4.78, 5) is 27.3. The van der Waals surface area contributed by atoms with Crippen LogP contribution in [0, 0.1) is 11.8 Å². The molecule has 0 unspecified atom stereocenters. The number of aromatic nitrogens is 1. The maximum atomic E-state index is 12.2. The van der Waals surface area contributed by atoms with Gasteiger partial charge in [-0.25, -0.2) is 0 Å². The van der Waals surface area contributed by atoms with Gasteiger partial charge in [-0.15, -0.1) is 0 Å². The van der Waals surface area contributed by atoms with Crippen LogP contribution in [0.2, 0.25) is 0 Å². The standard InChI is InChI=1S/C18H24N2O2/c1-11(2)12(3)18(22)20-17(13(4)21)9-14-10-19-16-8-6-5-7-15(14)16/h5-8,10-12,17,19H,9H2,1-4H3,(H,20,22)/t12-,17-/m0/s1. The van der Waals surface area contributed by atoms with E-state index in [1.165, 1.54) is 6.92 Å². The quantitative estimate of drug-likeness (QED) is 0.861. The number of carbonyl (C=O) groups excluding carboxylic acids is 2. The number of H-pyrrole nitrogens is 1. The Morgan fingerprint density at radius 3 is 2.50 bits per heavy atom. The molecule has 0 fully saturated rings. The second kappa shape index (κ2) is 6.77. The van der Waals surface area contributed by atoms with E-state index < -0.39 is 6.04 Å². The largest absolute Gasteiger partial charge is 0.361 e. The maximum Gasteiger partial charge on any atom is 0.223 e. The van der Waals surface area contributed by atoms with Crippen molar-refractivity contribution in [2.45, 2.75) is 40.2 Å². The second-order valence-electron chi connectivity index (χ2n) is 6.27. The molecule has 2 N–H and O–H groups in total. The van der Waals surface area contributed by atoms with Crippen molar-refractivity contribution >= 4 is 22.6 Å². The van der Waals surface area contributed by atoms with Gasteiger partial charge in [-0.1, -0.05) is 39.0 Å². The zero-order chi connectivity index (χ0) is 16.3. The topological polar surface area (TPSA) is 62.0 Å². The molecule has 0 spiro atoms. The van der Waals surface area contributed by atoms with E-state index in [1.54, 1.807) is 0 Å². The number of benzene rings is 1. The molecule has 2 atom stereocenters. The summed E-state index contributed by atoms with van der Waals surface area (Å²) in [6.45, 7) is 7.43. The number of ketones is 1. The summed E-state index contributed by atoms with van der Waals surface area (Å²) in [5.41, 5.74) is 2.09. The Bertz CT molecular complexity index is 673. The number of para-hydroxylation sites is 1. The van der Waals surface area contributed by atoms with E-state index in [0.717, 1.165) is 16.5 Å². The first-order valence-corrected chi connectivity index (χ1v) is 7.76. The first-order valence-electron chi connectivity index (χ1n) is 7.76. The smallest absolute Gasteiger partial charge is 0.223 e. The number of hydrogen-bond donors (Lipinski definition) is 2. The monoisotopic (exact) mass is 300 g/mol. The van der Waals surface area contributed by atoms with Crippen LogP contribution in [0.4, 0.5) is 0 Å². The predicted octanol–water partition coefficient (Wildman–Crippen LogP) is 3.08. The Kier molecular flexibility index (Phi) is 5.01. The number of aromatic amines is 1. The van der Waals surface area contributed by atoms with Crippen molar-refractivity contribution in [1.29, 1.82) is 0 Å². The maximum absolute atomic E-state index is 12.2. The number of Topliss-reactive ketones (excluding diaryl/α,β-unsaturated/α-hetero) is 1. The third-order valence-electron chi connectivity index (χ3n) is 4.32. The molecule has 0 bridgehead atoms. The number of nitrogens with one attached hydrogen (secondary N) is 2. The minimum Gasteiger partial charge on any atom is -0.361 e. The summed E-state index contributed by atoms with van der Waals surface area (Å²) in [6, 6.07) is 7.49. The zero-order valence-corrected chi connectivity index (χ0v) is 13.6. The lowest BCUT2D eigenvalue weighted by molar-refractivity contribution is -0.130. The van der Waals surface area contributed by atoms with E-state index in [4.69, 9.17) is 0 Å². The molecule has 2 aromatic rings. The van der Waals surface area contributed by atoms with Gasteiger partial charge in [0.25, 0.3) is 0 Å². The van der Waals surface area contributed by atoms with Crippen LogP contribution in [0.25, 0.3) is 10.9 Å². The molecule has 1 heterocycles. The van der Waals surface area contributed by atoms with Crippen molar-refractivity contribution < 1.29 is 9.59 Å². The lowest BCUT2D eigenvalue weighted by Gasteiger charge is -2.20. The van der Waals surface area contributed by atoms with Crippen molar-refractivity contribution in [3.8, 4) is 0 Å². The summed E-state index contributed by atoms with van der Waals surface area (Å²) in [7, 11) is 0. The van der Waals surface area contributed by atoms with Gasteiger partial charge in [0.05, 0.1) is 6.04 Å². The normalized spacial score (nSPS) is 14.0. The van der Waals surface area contributed by atoms with Crippen LogP contribution in [0.5, 0.6) is 0 Å². The van der Waals surface area contributed by atoms with Gasteiger partial charge in [0.15, 0.2) is 5.78 Å². The SMILES string of the molecule is CC(=O)[C@H](Cc1c[nH]c2ccccc12)NC(=O)[C@@H](C)C(C)C. The van der Waals surface area contributed by atoms with Gasteiger partial charge in [0.2, 0.25) is 5.91 Å². The molecule has 4 nitrogen and oxygen atoms in total. The van der Waals surface area contributed by atoms with Crippen LogP contribution in [0.1, 0.15) is 33.3 Å². The molecule has 0 aliphatic rings. The molecule has 0 radical (unpaired) electrons. The molecule has 4 heteroatoms. The fourth-order valence-electron chi connectivity index (χ4n) is 2.42. The number of fused-ring (bicyclic) bond motifs is 1. The summed E-state index contributed by atoms with van der Waals surface area (Å²) in [6.07, 6.45) is 2.43. The Morgan fingerprint density at radius 2 is 1.86 bits per heavy atom. The van der Waals surface area contributed by atoms with Crippen LogP contribution in [-0.4, -0.2) is 22.7 Å². The summed E-state index contributed by atoms with van der Waals surface area (Å²) in [5.74, 6) is 0.0649. The van der Waals surface area contributed by atoms with Gasteiger partial charge in [-0.3, -0.25) is 9.59 Å². The highest BCUT2D eigenvalue weighted by Gasteiger charge is 2.23. The van der Waals surface area contributed by atoms with Crippen LogP contribution in [0.3, 0.4) is 0 Å². The molecule has 22 heavy (non-hydrogen) atoms. The Morgan fingerprint density at radius 1 is 1.18 bits per heavy atom. The summed E-state index contributed by atoms with van der Waals surface area (Å²) < 4.78 is 0. The van der Waals surface area contributed by atoms with E-state index >= 15 is 0 Å². The third kappa shape index (κ3) is 3.56. The van der Waals surface area contributed by atoms with Gasteiger partial charge < -0.3 is 10.3 Å². The van der Waals surface area contributed by atoms with Crippen molar-refractivity contribution in [2.75, 3.05) is 0 Å².